The number of rotatable bonds is 3. The number of amides is 4. The van der Waals surface area contributed by atoms with Crippen LogP contribution in [0.2, 0.25) is 0 Å². The van der Waals surface area contributed by atoms with Gasteiger partial charge < -0.3 is 24.8 Å². The van der Waals surface area contributed by atoms with E-state index in [9.17, 15) is 14.4 Å². The lowest BCUT2D eigenvalue weighted by atomic mass is 10.3. The third-order valence-corrected chi connectivity index (χ3v) is 4.85. The highest BCUT2D eigenvalue weighted by atomic mass is 16.5. The van der Waals surface area contributed by atoms with Crippen LogP contribution >= 0.6 is 0 Å². The van der Waals surface area contributed by atoms with Crippen molar-refractivity contribution in [2.24, 2.45) is 0 Å². The van der Waals surface area contributed by atoms with Crippen molar-refractivity contribution in [3.05, 3.63) is 24.3 Å². The molecule has 2 saturated heterocycles. The van der Waals surface area contributed by atoms with Gasteiger partial charge in [-0.1, -0.05) is 0 Å². The van der Waals surface area contributed by atoms with Gasteiger partial charge in [-0.3, -0.25) is 9.59 Å². The van der Waals surface area contributed by atoms with Crippen LogP contribution in [0.15, 0.2) is 24.3 Å². The highest BCUT2D eigenvalue weighted by molar-refractivity contribution is 6.35. The number of carbonyl (C=O) groups is 3. The van der Waals surface area contributed by atoms with Gasteiger partial charge in [0.05, 0.1) is 6.61 Å². The summed E-state index contributed by atoms with van der Waals surface area (Å²) in [5.74, 6) is -0.117. The summed E-state index contributed by atoms with van der Waals surface area (Å²) in [6.07, 6.45) is 1.91. The van der Waals surface area contributed by atoms with Gasteiger partial charge in [0.15, 0.2) is 0 Å². The number of benzene rings is 1. The average molecular weight is 374 g/mol. The largest absolute Gasteiger partial charge is 0.494 e. The topological polar surface area (TPSA) is 82.2 Å². The summed E-state index contributed by atoms with van der Waals surface area (Å²) >= 11 is 0. The summed E-state index contributed by atoms with van der Waals surface area (Å²) in [4.78, 5) is 41.8. The van der Waals surface area contributed by atoms with Crippen molar-refractivity contribution in [2.45, 2.75) is 19.8 Å². The molecule has 1 N–H and O–H groups in total. The Kier molecular flexibility index (Phi) is 6.16. The van der Waals surface area contributed by atoms with Crippen molar-refractivity contribution in [2.75, 3.05) is 51.2 Å². The Bertz CT molecular complexity index is 677. The molecule has 3 rings (SSSR count). The average Bonchev–Trinajstić information content (AvgIpc) is 3.23. The Morgan fingerprint density at radius 2 is 1.37 bits per heavy atom. The fourth-order valence-corrected chi connectivity index (χ4v) is 3.31. The standard InChI is InChI=1S/C19H26N4O4/c1-2-27-16-7-5-15(6-8-16)20-19(26)23-13-11-22(12-14-23)18(25)17(24)21-9-3-4-10-21/h5-8H,2-4,9-14H2,1H3,(H,20,26). The number of piperazine rings is 1. The smallest absolute Gasteiger partial charge is 0.321 e. The Labute approximate surface area is 159 Å². The summed E-state index contributed by atoms with van der Waals surface area (Å²) in [5.41, 5.74) is 0.686. The third kappa shape index (κ3) is 4.69. The second kappa shape index (κ2) is 8.75. The van der Waals surface area contributed by atoms with Crippen LogP contribution in [-0.4, -0.2) is 78.4 Å². The number of nitrogens with zero attached hydrogens (tertiary/aromatic N) is 3. The first kappa shape index (κ1) is 19.0. The van der Waals surface area contributed by atoms with E-state index in [-0.39, 0.29) is 6.03 Å². The minimum absolute atomic E-state index is 0.211. The normalized spacial score (nSPS) is 17.0. The molecule has 0 spiro atoms. The van der Waals surface area contributed by atoms with Gasteiger partial charge in [0.1, 0.15) is 5.75 Å². The van der Waals surface area contributed by atoms with E-state index in [1.54, 1.807) is 39.0 Å². The lowest BCUT2D eigenvalue weighted by Gasteiger charge is -2.34. The maximum absolute atomic E-state index is 12.4. The van der Waals surface area contributed by atoms with Crippen LogP contribution in [0, 0.1) is 0 Å². The molecular formula is C19H26N4O4. The van der Waals surface area contributed by atoms with E-state index in [1.807, 2.05) is 6.92 Å². The van der Waals surface area contributed by atoms with Gasteiger partial charge in [0.25, 0.3) is 0 Å². The molecular weight excluding hydrogens is 348 g/mol. The molecule has 0 bridgehead atoms. The van der Waals surface area contributed by atoms with Gasteiger partial charge in [-0.2, -0.15) is 0 Å². The van der Waals surface area contributed by atoms with E-state index in [0.29, 0.717) is 51.6 Å². The van der Waals surface area contributed by atoms with E-state index in [2.05, 4.69) is 5.32 Å². The monoisotopic (exact) mass is 374 g/mol. The summed E-state index contributed by atoms with van der Waals surface area (Å²) in [6.45, 7) is 5.38. The molecule has 2 aliphatic rings. The van der Waals surface area contributed by atoms with Gasteiger partial charge in [-0.05, 0) is 44.0 Å². The number of hydrogen-bond donors (Lipinski definition) is 1. The third-order valence-electron chi connectivity index (χ3n) is 4.85. The van der Waals surface area contributed by atoms with Gasteiger partial charge in [-0.15, -0.1) is 0 Å². The van der Waals surface area contributed by atoms with Crippen LogP contribution in [0.3, 0.4) is 0 Å². The molecule has 0 unspecified atom stereocenters. The van der Waals surface area contributed by atoms with Crippen LogP contribution < -0.4 is 10.1 Å². The predicted octanol–water partition coefficient (Wildman–Crippen LogP) is 1.38. The highest BCUT2D eigenvalue weighted by Crippen LogP contribution is 2.16. The number of ether oxygens (including phenoxy) is 1. The summed E-state index contributed by atoms with van der Waals surface area (Å²) in [5, 5.41) is 2.85. The Morgan fingerprint density at radius 1 is 0.852 bits per heavy atom. The van der Waals surface area contributed by atoms with E-state index in [0.717, 1.165) is 18.6 Å². The van der Waals surface area contributed by atoms with E-state index >= 15 is 0 Å². The molecule has 0 radical (unpaired) electrons. The summed E-state index contributed by atoms with van der Waals surface area (Å²) < 4.78 is 5.38. The molecule has 8 heteroatoms. The van der Waals surface area contributed by atoms with Crippen molar-refractivity contribution in [3.8, 4) is 5.75 Å². The molecule has 146 valence electrons. The number of carbonyl (C=O) groups excluding carboxylic acids is 3. The quantitative estimate of drug-likeness (QED) is 0.811. The molecule has 1 aromatic rings. The van der Waals surface area contributed by atoms with Crippen molar-refractivity contribution < 1.29 is 19.1 Å². The second-order valence-corrected chi connectivity index (χ2v) is 6.67. The Balaban J connectivity index is 1.47. The second-order valence-electron chi connectivity index (χ2n) is 6.67. The van der Waals surface area contributed by atoms with Crippen molar-refractivity contribution >= 4 is 23.5 Å². The van der Waals surface area contributed by atoms with Gasteiger partial charge in [0.2, 0.25) is 0 Å². The number of hydrogen-bond acceptors (Lipinski definition) is 4. The van der Waals surface area contributed by atoms with Crippen molar-refractivity contribution in [3.63, 3.8) is 0 Å². The SMILES string of the molecule is CCOc1ccc(NC(=O)N2CCN(C(=O)C(=O)N3CCCC3)CC2)cc1. The van der Waals surface area contributed by atoms with Crippen molar-refractivity contribution in [1.29, 1.82) is 0 Å². The van der Waals surface area contributed by atoms with Crippen LogP contribution in [0.1, 0.15) is 19.8 Å². The predicted molar refractivity (Wildman–Crippen MR) is 101 cm³/mol. The first-order valence-electron chi connectivity index (χ1n) is 9.45. The minimum atomic E-state index is -0.455. The fourth-order valence-electron chi connectivity index (χ4n) is 3.31. The number of likely N-dealkylation sites (tertiary alicyclic amines) is 1. The molecule has 1 aromatic carbocycles. The van der Waals surface area contributed by atoms with Crippen LogP contribution in [0.5, 0.6) is 5.75 Å². The molecule has 0 atom stereocenters. The van der Waals surface area contributed by atoms with E-state index in [4.69, 9.17) is 4.74 Å². The fraction of sp³-hybridized carbons (Fsp3) is 0.526. The zero-order valence-corrected chi connectivity index (χ0v) is 15.6. The first-order chi connectivity index (χ1) is 13.1. The Hall–Kier alpha value is -2.77. The zero-order chi connectivity index (χ0) is 19.2. The maximum atomic E-state index is 12.4. The molecule has 4 amide bonds. The molecule has 0 saturated carbocycles. The minimum Gasteiger partial charge on any atom is -0.494 e. The number of anilines is 1. The van der Waals surface area contributed by atoms with E-state index in [1.165, 1.54) is 0 Å². The Morgan fingerprint density at radius 3 is 1.93 bits per heavy atom. The van der Waals surface area contributed by atoms with Gasteiger partial charge in [-0.25, -0.2) is 4.79 Å². The summed E-state index contributed by atoms with van der Waals surface area (Å²) in [6, 6.07) is 6.98. The first-order valence-corrected chi connectivity index (χ1v) is 9.45. The lowest BCUT2D eigenvalue weighted by Crippen LogP contribution is -2.54. The molecule has 2 heterocycles. The molecule has 27 heavy (non-hydrogen) atoms. The highest BCUT2D eigenvalue weighted by Gasteiger charge is 2.31. The van der Waals surface area contributed by atoms with Crippen molar-refractivity contribution in [1.82, 2.24) is 14.7 Å². The van der Waals surface area contributed by atoms with Crippen LogP contribution in [-0.2, 0) is 9.59 Å². The van der Waals surface area contributed by atoms with Crippen LogP contribution in [0.25, 0.3) is 0 Å². The summed E-state index contributed by atoms with van der Waals surface area (Å²) in [7, 11) is 0. The number of nitrogens with one attached hydrogen (secondary N) is 1. The number of urea groups is 1. The zero-order valence-electron chi connectivity index (χ0n) is 15.6. The maximum Gasteiger partial charge on any atom is 0.321 e. The van der Waals surface area contributed by atoms with Gasteiger partial charge in [0, 0.05) is 45.0 Å². The molecule has 2 aliphatic heterocycles. The molecule has 8 nitrogen and oxygen atoms in total. The van der Waals surface area contributed by atoms with Crippen LogP contribution in [0.4, 0.5) is 10.5 Å². The molecule has 0 aliphatic carbocycles. The lowest BCUT2D eigenvalue weighted by molar-refractivity contribution is -0.152. The van der Waals surface area contributed by atoms with Gasteiger partial charge >= 0.3 is 17.8 Å². The van der Waals surface area contributed by atoms with E-state index < -0.39 is 11.8 Å². The molecule has 2 fully saturated rings. The molecule has 0 aromatic heterocycles.